The van der Waals surface area contributed by atoms with Crippen LogP contribution in [0.5, 0.6) is 0 Å². The highest BCUT2D eigenvalue weighted by Crippen LogP contribution is 2.13. The molecule has 0 aromatic carbocycles. The summed E-state index contributed by atoms with van der Waals surface area (Å²) in [6, 6.07) is 0.182. The van der Waals surface area contributed by atoms with Crippen molar-refractivity contribution in [1.29, 1.82) is 0 Å². The van der Waals surface area contributed by atoms with E-state index in [-0.39, 0.29) is 12.1 Å². The zero-order valence-electron chi connectivity index (χ0n) is 9.19. The van der Waals surface area contributed by atoms with Gasteiger partial charge in [0.05, 0.1) is 23.2 Å². The first kappa shape index (κ1) is 11.9. The van der Waals surface area contributed by atoms with Crippen molar-refractivity contribution in [3.8, 4) is 0 Å². The SMILES string of the molecule is CC1CCN(C(C)C(N)=S)CC(C)O1. The molecule has 1 aliphatic rings. The number of nitrogens with two attached hydrogens (primary N) is 1. The van der Waals surface area contributed by atoms with Crippen molar-refractivity contribution in [2.24, 2.45) is 5.73 Å². The van der Waals surface area contributed by atoms with E-state index in [1.165, 1.54) is 0 Å². The van der Waals surface area contributed by atoms with Crippen molar-refractivity contribution in [1.82, 2.24) is 4.90 Å². The van der Waals surface area contributed by atoms with Gasteiger partial charge < -0.3 is 10.5 Å². The second-order valence-electron chi connectivity index (χ2n) is 4.12. The fourth-order valence-electron chi connectivity index (χ4n) is 1.81. The van der Waals surface area contributed by atoms with Crippen LogP contribution in [-0.4, -0.2) is 41.2 Å². The van der Waals surface area contributed by atoms with Crippen LogP contribution >= 0.6 is 12.2 Å². The summed E-state index contributed by atoms with van der Waals surface area (Å²) < 4.78 is 5.75. The molecule has 0 bridgehead atoms. The van der Waals surface area contributed by atoms with Gasteiger partial charge >= 0.3 is 0 Å². The predicted molar refractivity (Wildman–Crippen MR) is 62.4 cm³/mol. The molecule has 1 rings (SSSR count). The van der Waals surface area contributed by atoms with Crippen LogP contribution in [0.4, 0.5) is 0 Å². The van der Waals surface area contributed by atoms with Crippen LogP contribution < -0.4 is 5.73 Å². The number of nitrogens with zero attached hydrogens (tertiary/aromatic N) is 1. The summed E-state index contributed by atoms with van der Waals surface area (Å²) in [6.45, 7) is 8.21. The van der Waals surface area contributed by atoms with E-state index in [1.54, 1.807) is 0 Å². The molecule has 3 nitrogen and oxygen atoms in total. The Labute approximate surface area is 91.6 Å². The molecule has 0 radical (unpaired) electrons. The van der Waals surface area contributed by atoms with Crippen LogP contribution in [0.3, 0.4) is 0 Å². The van der Waals surface area contributed by atoms with Gasteiger partial charge in [0.2, 0.25) is 0 Å². The highest BCUT2D eigenvalue weighted by Gasteiger charge is 2.23. The van der Waals surface area contributed by atoms with Crippen LogP contribution in [0.2, 0.25) is 0 Å². The fraction of sp³-hybridized carbons (Fsp3) is 0.900. The second kappa shape index (κ2) is 5.05. The first-order valence-electron chi connectivity index (χ1n) is 5.19. The molecule has 1 heterocycles. The molecular formula is C10H20N2OS. The van der Waals surface area contributed by atoms with Crippen molar-refractivity contribution in [2.45, 2.75) is 45.4 Å². The molecule has 0 aliphatic carbocycles. The summed E-state index contributed by atoms with van der Waals surface area (Å²) in [6.07, 6.45) is 1.66. The van der Waals surface area contributed by atoms with Gasteiger partial charge in [0.1, 0.15) is 0 Å². The highest BCUT2D eigenvalue weighted by atomic mass is 32.1. The summed E-state index contributed by atoms with van der Waals surface area (Å²) in [7, 11) is 0. The van der Waals surface area contributed by atoms with Gasteiger partial charge in [0.15, 0.2) is 0 Å². The van der Waals surface area contributed by atoms with Crippen LogP contribution in [0.25, 0.3) is 0 Å². The summed E-state index contributed by atoms with van der Waals surface area (Å²) >= 11 is 5.01. The molecule has 14 heavy (non-hydrogen) atoms. The van der Waals surface area contributed by atoms with Crippen LogP contribution in [0.15, 0.2) is 0 Å². The van der Waals surface area contributed by atoms with E-state index in [2.05, 4.69) is 25.7 Å². The third-order valence-corrected chi connectivity index (χ3v) is 3.08. The highest BCUT2D eigenvalue weighted by molar-refractivity contribution is 7.80. The smallest absolute Gasteiger partial charge is 0.0899 e. The van der Waals surface area contributed by atoms with E-state index >= 15 is 0 Å². The minimum absolute atomic E-state index is 0.182. The van der Waals surface area contributed by atoms with Crippen LogP contribution in [0.1, 0.15) is 27.2 Å². The zero-order chi connectivity index (χ0) is 10.7. The molecule has 2 N–H and O–H groups in total. The lowest BCUT2D eigenvalue weighted by Gasteiger charge is -2.27. The Hall–Kier alpha value is -0.190. The maximum atomic E-state index is 5.75. The van der Waals surface area contributed by atoms with Gasteiger partial charge in [-0.15, -0.1) is 0 Å². The van der Waals surface area contributed by atoms with E-state index in [9.17, 15) is 0 Å². The van der Waals surface area contributed by atoms with Crippen molar-refractivity contribution in [3.05, 3.63) is 0 Å². The topological polar surface area (TPSA) is 38.5 Å². The average molecular weight is 216 g/mol. The summed E-state index contributed by atoms with van der Waals surface area (Å²) in [5, 5.41) is 0. The van der Waals surface area contributed by atoms with E-state index in [0.29, 0.717) is 11.1 Å². The van der Waals surface area contributed by atoms with Gasteiger partial charge in [0, 0.05) is 13.1 Å². The summed E-state index contributed by atoms with van der Waals surface area (Å²) in [5.41, 5.74) is 5.65. The molecule has 3 unspecified atom stereocenters. The van der Waals surface area contributed by atoms with Gasteiger partial charge in [-0.3, -0.25) is 4.90 Å². The lowest BCUT2D eigenvalue weighted by molar-refractivity contribution is 0.0135. The average Bonchev–Trinajstić information content (AvgIpc) is 2.25. The first-order chi connectivity index (χ1) is 6.50. The largest absolute Gasteiger partial charge is 0.392 e. The normalized spacial score (nSPS) is 32.2. The van der Waals surface area contributed by atoms with Crippen molar-refractivity contribution in [3.63, 3.8) is 0 Å². The van der Waals surface area contributed by atoms with E-state index in [4.69, 9.17) is 22.7 Å². The number of ether oxygens (including phenoxy) is 1. The Bertz CT molecular complexity index is 210. The first-order valence-corrected chi connectivity index (χ1v) is 5.60. The molecular weight excluding hydrogens is 196 g/mol. The van der Waals surface area contributed by atoms with Gasteiger partial charge in [-0.05, 0) is 27.2 Å². The van der Waals surface area contributed by atoms with Crippen LogP contribution in [0, 0.1) is 0 Å². The maximum Gasteiger partial charge on any atom is 0.0899 e. The Morgan fingerprint density at radius 2 is 2.14 bits per heavy atom. The minimum Gasteiger partial charge on any atom is -0.392 e. The second-order valence-corrected chi connectivity index (χ2v) is 4.59. The van der Waals surface area contributed by atoms with Crippen molar-refractivity contribution in [2.75, 3.05) is 13.1 Å². The number of hydrogen-bond donors (Lipinski definition) is 1. The fourth-order valence-corrected chi connectivity index (χ4v) is 1.96. The van der Waals surface area contributed by atoms with Gasteiger partial charge in [-0.1, -0.05) is 12.2 Å². The van der Waals surface area contributed by atoms with Crippen LogP contribution in [-0.2, 0) is 4.74 Å². The molecule has 0 spiro atoms. The Balaban J connectivity index is 2.57. The monoisotopic (exact) mass is 216 g/mol. The minimum atomic E-state index is 0.182. The molecule has 0 aromatic rings. The third-order valence-electron chi connectivity index (χ3n) is 2.74. The molecule has 1 aliphatic heterocycles. The maximum absolute atomic E-state index is 5.75. The van der Waals surface area contributed by atoms with Crippen molar-refractivity contribution >= 4 is 17.2 Å². The lowest BCUT2D eigenvalue weighted by Crippen LogP contribution is -2.44. The number of hydrogen-bond acceptors (Lipinski definition) is 3. The third kappa shape index (κ3) is 3.19. The van der Waals surface area contributed by atoms with E-state index < -0.39 is 0 Å². The van der Waals surface area contributed by atoms with Crippen molar-refractivity contribution < 1.29 is 4.74 Å². The predicted octanol–water partition coefficient (Wildman–Crippen LogP) is 1.16. The quantitative estimate of drug-likeness (QED) is 0.703. The molecule has 0 saturated carbocycles. The Morgan fingerprint density at radius 1 is 1.50 bits per heavy atom. The van der Waals surface area contributed by atoms with E-state index in [0.717, 1.165) is 19.5 Å². The zero-order valence-corrected chi connectivity index (χ0v) is 10.0. The molecule has 1 saturated heterocycles. The summed E-state index contributed by atoms with van der Waals surface area (Å²) in [5.74, 6) is 0. The standard InChI is InChI=1S/C10H20N2OS/c1-7-4-5-12(6-8(2)13-7)9(3)10(11)14/h7-9H,4-6H2,1-3H3,(H2,11,14). The molecule has 82 valence electrons. The summed E-state index contributed by atoms with van der Waals surface area (Å²) in [4.78, 5) is 2.88. The number of thiocarbonyl (C=S) groups is 1. The molecule has 1 fully saturated rings. The van der Waals surface area contributed by atoms with Gasteiger partial charge in [-0.2, -0.15) is 0 Å². The molecule has 3 atom stereocenters. The lowest BCUT2D eigenvalue weighted by atomic mass is 10.2. The number of rotatable bonds is 2. The molecule has 0 aromatic heterocycles. The van der Waals surface area contributed by atoms with Gasteiger partial charge in [-0.25, -0.2) is 0 Å². The molecule has 0 amide bonds. The Morgan fingerprint density at radius 3 is 2.71 bits per heavy atom. The van der Waals surface area contributed by atoms with Gasteiger partial charge in [0.25, 0.3) is 0 Å². The molecule has 4 heteroatoms. The Kier molecular flexibility index (Phi) is 4.29. The van der Waals surface area contributed by atoms with E-state index in [1.807, 2.05) is 0 Å².